The predicted octanol–water partition coefficient (Wildman–Crippen LogP) is 10.6. The van der Waals surface area contributed by atoms with Crippen LogP contribution >= 0.6 is 0 Å². The first-order chi connectivity index (χ1) is 25.0. The van der Waals surface area contributed by atoms with Gasteiger partial charge in [0.25, 0.3) is 0 Å². The van der Waals surface area contributed by atoms with E-state index in [1.54, 1.807) is 0 Å². The highest BCUT2D eigenvalue weighted by atomic mass is 28.3. The van der Waals surface area contributed by atoms with Crippen molar-refractivity contribution in [3.05, 3.63) is 120 Å². The standard InChI is InChI=1S/C48H62O2Si/c1-7-11-15-17-21-39-23-27-41(28-24-39)51(42-29-25-40(26-30-42)22-18-16-12-8-2)47-33-37(5)45(49-31-19-13-9-3)35-43(47)44-36-46(38(6)34-48(44)51)50-32-20-14-10-4/h9-10,23-30,33-36H,3-4,7-8,11-22,31-32H2,1-2,5-6H3. The molecule has 5 rings (SSSR count). The van der Waals surface area contributed by atoms with Crippen LogP contribution in [0.2, 0.25) is 0 Å². The Bertz CT molecular complexity index is 1590. The molecule has 0 N–H and O–H groups in total. The van der Waals surface area contributed by atoms with Gasteiger partial charge in [-0.25, -0.2) is 0 Å². The van der Waals surface area contributed by atoms with E-state index in [1.165, 1.54) is 105 Å². The van der Waals surface area contributed by atoms with Crippen LogP contribution in [0, 0.1) is 13.8 Å². The van der Waals surface area contributed by atoms with Crippen LogP contribution in [-0.2, 0) is 12.8 Å². The van der Waals surface area contributed by atoms with Crippen LogP contribution in [0.4, 0.5) is 0 Å². The molecule has 0 amide bonds. The maximum absolute atomic E-state index is 6.47. The minimum atomic E-state index is -2.69. The van der Waals surface area contributed by atoms with E-state index in [1.807, 2.05) is 12.2 Å². The molecule has 4 aromatic carbocycles. The smallest absolute Gasteiger partial charge is 0.180 e. The molecule has 270 valence electrons. The second kappa shape index (κ2) is 19.1. The molecule has 1 aliphatic rings. The Hall–Kier alpha value is -3.82. The third-order valence-electron chi connectivity index (χ3n) is 10.8. The van der Waals surface area contributed by atoms with Gasteiger partial charge in [0, 0.05) is 0 Å². The molecule has 2 nitrogen and oxygen atoms in total. The molecule has 0 radical (unpaired) electrons. The number of allylic oxidation sites excluding steroid dienone is 2. The van der Waals surface area contributed by atoms with Gasteiger partial charge >= 0.3 is 0 Å². The largest absolute Gasteiger partial charge is 0.493 e. The minimum absolute atomic E-state index is 0.687. The number of hydrogen-bond donors (Lipinski definition) is 0. The van der Waals surface area contributed by atoms with E-state index in [0.717, 1.165) is 50.0 Å². The van der Waals surface area contributed by atoms with Crippen LogP contribution in [0.5, 0.6) is 11.5 Å². The summed E-state index contributed by atoms with van der Waals surface area (Å²) in [7, 11) is -2.69. The van der Waals surface area contributed by atoms with Gasteiger partial charge in [-0.2, -0.15) is 0 Å². The molecule has 0 saturated carbocycles. The lowest BCUT2D eigenvalue weighted by Crippen LogP contribution is -2.73. The van der Waals surface area contributed by atoms with Crippen molar-refractivity contribution in [3.8, 4) is 22.6 Å². The molecule has 0 fully saturated rings. The fraction of sp³-hybridized carbons (Fsp3) is 0.417. The SMILES string of the molecule is C=CCCCOc1cc2c(cc1C)[Si](c1ccc(CCCCCC)cc1)(c1ccc(CCCCCC)cc1)c1cc(C)c(OCCCC=C)cc1-2. The topological polar surface area (TPSA) is 18.5 Å². The number of unbranched alkanes of at least 4 members (excludes halogenated alkanes) is 8. The average Bonchev–Trinajstić information content (AvgIpc) is 3.41. The van der Waals surface area contributed by atoms with Crippen LogP contribution in [0.15, 0.2) is 98.1 Å². The van der Waals surface area contributed by atoms with Gasteiger partial charge in [-0.1, -0.05) is 125 Å². The second-order valence-electron chi connectivity index (χ2n) is 14.7. The summed E-state index contributed by atoms with van der Waals surface area (Å²) in [6.07, 6.45) is 20.4. The zero-order valence-electron chi connectivity index (χ0n) is 32.1. The summed E-state index contributed by atoms with van der Waals surface area (Å²) in [5.74, 6) is 1.96. The number of fused-ring (bicyclic) bond motifs is 3. The van der Waals surface area contributed by atoms with E-state index in [9.17, 15) is 0 Å². The number of benzene rings is 4. The lowest BCUT2D eigenvalue weighted by molar-refractivity contribution is 0.310. The molecular weight excluding hydrogens is 637 g/mol. The first kappa shape index (κ1) is 38.4. The Morgan fingerprint density at radius 3 is 1.31 bits per heavy atom. The van der Waals surface area contributed by atoms with Gasteiger partial charge in [0.1, 0.15) is 11.5 Å². The molecule has 3 heteroatoms. The fourth-order valence-electron chi connectivity index (χ4n) is 7.86. The molecule has 0 bridgehead atoms. The Labute approximate surface area is 311 Å². The summed E-state index contributed by atoms with van der Waals surface area (Å²) in [5, 5.41) is 5.83. The summed E-state index contributed by atoms with van der Waals surface area (Å²) in [5.41, 5.74) is 7.88. The van der Waals surface area contributed by atoms with Gasteiger partial charge in [-0.15, -0.1) is 13.2 Å². The Balaban J connectivity index is 1.67. The van der Waals surface area contributed by atoms with Crippen LogP contribution < -0.4 is 30.2 Å². The second-order valence-corrected chi connectivity index (χ2v) is 18.4. The Kier molecular flexibility index (Phi) is 14.4. The fourth-order valence-corrected chi connectivity index (χ4v) is 13.1. The van der Waals surface area contributed by atoms with Crippen molar-refractivity contribution in [2.45, 2.75) is 118 Å². The highest BCUT2D eigenvalue weighted by Crippen LogP contribution is 2.36. The summed E-state index contributed by atoms with van der Waals surface area (Å²) < 4.78 is 12.9. The number of rotatable bonds is 22. The maximum atomic E-state index is 6.47. The van der Waals surface area contributed by atoms with Crippen molar-refractivity contribution in [2.75, 3.05) is 13.2 Å². The molecule has 0 spiro atoms. The van der Waals surface area contributed by atoms with Crippen molar-refractivity contribution >= 4 is 28.8 Å². The summed E-state index contributed by atoms with van der Waals surface area (Å²) >= 11 is 0. The minimum Gasteiger partial charge on any atom is -0.493 e. The van der Waals surface area contributed by atoms with Gasteiger partial charge in [0.15, 0.2) is 8.07 Å². The van der Waals surface area contributed by atoms with E-state index in [-0.39, 0.29) is 0 Å². The molecular formula is C48H62O2Si. The van der Waals surface area contributed by atoms with E-state index in [2.05, 4.69) is 114 Å². The van der Waals surface area contributed by atoms with Crippen molar-refractivity contribution in [2.24, 2.45) is 0 Å². The van der Waals surface area contributed by atoms with Gasteiger partial charge in [-0.3, -0.25) is 0 Å². The number of hydrogen-bond acceptors (Lipinski definition) is 2. The highest BCUT2D eigenvalue weighted by Gasteiger charge is 2.49. The van der Waals surface area contributed by atoms with E-state index >= 15 is 0 Å². The van der Waals surface area contributed by atoms with Gasteiger partial charge in [-0.05, 0) is 131 Å². The molecule has 1 aliphatic heterocycles. The molecule has 0 aromatic heterocycles. The maximum Gasteiger partial charge on any atom is 0.180 e. The van der Waals surface area contributed by atoms with Gasteiger partial charge in [0.05, 0.1) is 13.2 Å². The molecule has 0 aliphatic carbocycles. The van der Waals surface area contributed by atoms with Crippen molar-refractivity contribution in [3.63, 3.8) is 0 Å². The van der Waals surface area contributed by atoms with Crippen LogP contribution in [0.25, 0.3) is 11.1 Å². The Morgan fingerprint density at radius 1 is 0.529 bits per heavy atom. The zero-order chi connectivity index (χ0) is 36.1. The van der Waals surface area contributed by atoms with Crippen molar-refractivity contribution in [1.29, 1.82) is 0 Å². The van der Waals surface area contributed by atoms with Gasteiger partial charge < -0.3 is 9.47 Å². The monoisotopic (exact) mass is 698 g/mol. The van der Waals surface area contributed by atoms with E-state index in [4.69, 9.17) is 9.47 Å². The first-order valence-corrected chi connectivity index (χ1v) is 21.9. The lowest BCUT2D eigenvalue weighted by Gasteiger charge is -2.32. The van der Waals surface area contributed by atoms with E-state index in [0.29, 0.717) is 13.2 Å². The molecule has 4 aromatic rings. The number of aryl methyl sites for hydroxylation is 4. The predicted molar refractivity (Wildman–Crippen MR) is 224 cm³/mol. The summed E-state index contributed by atoms with van der Waals surface area (Å²) in [6.45, 7) is 18.2. The zero-order valence-corrected chi connectivity index (χ0v) is 33.1. The normalized spacial score (nSPS) is 12.7. The molecule has 1 heterocycles. The van der Waals surface area contributed by atoms with E-state index < -0.39 is 8.07 Å². The molecule has 51 heavy (non-hydrogen) atoms. The molecule has 0 saturated heterocycles. The average molecular weight is 699 g/mol. The third kappa shape index (κ3) is 8.98. The molecule has 0 atom stereocenters. The highest BCUT2D eigenvalue weighted by molar-refractivity contribution is 7.22. The van der Waals surface area contributed by atoms with Crippen LogP contribution in [-0.4, -0.2) is 21.3 Å². The van der Waals surface area contributed by atoms with Crippen LogP contribution in [0.3, 0.4) is 0 Å². The first-order valence-electron chi connectivity index (χ1n) is 19.9. The summed E-state index contributed by atoms with van der Waals surface area (Å²) in [4.78, 5) is 0. The third-order valence-corrected chi connectivity index (χ3v) is 15.6. The van der Waals surface area contributed by atoms with Crippen molar-refractivity contribution < 1.29 is 9.47 Å². The summed E-state index contributed by atoms with van der Waals surface area (Å²) in [6, 6.07) is 29.2. The number of ether oxygens (including phenoxy) is 2. The van der Waals surface area contributed by atoms with Crippen molar-refractivity contribution in [1.82, 2.24) is 0 Å². The quantitative estimate of drug-likeness (QED) is 0.0407. The Morgan fingerprint density at radius 2 is 0.941 bits per heavy atom. The lowest BCUT2D eigenvalue weighted by atomic mass is 10.0. The molecule has 0 unspecified atom stereocenters. The van der Waals surface area contributed by atoms with Gasteiger partial charge in [0.2, 0.25) is 0 Å². The van der Waals surface area contributed by atoms with Crippen LogP contribution in [0.1, 0.15) is 113 Å².